The third-order valence-electron chi connectivity index (χ3n) is 12.1. The van der Waals surface area contributed by atoms with E-state index < -0.39 is 5.41 Å². The van der Waals surface area contributed by atoms with Crippen LogP contribution in [0.3, 0.4) is 0 Å². The lowest BCUT2D eigenvalue weighted by Crippen LogP contribution is -2.26. The number of fused-ring (bicyclic) bond motifs is 12. The molecule has 59 heavy (non-hydrogen) atoms. The highest BCUT2D eigenvalue weighted by Crippen LogP contribution is 2.65. The minimum atomic E-state index is -0.482. The molecule has 0 bridgehead atoms. The van der Waals surface area contributed by atoms with E-state index in [0.717, 1.165) is 44.6 Å². The van der Waals surface area contributed by atoms with Crippen molar-refractivity contribution >= 4 is 10.9 Å². The summed E-state index contributed by atoms with van der Waals surface area (Å²) < 4.78 is 0. The molecule has 0 fully saturated rings. The van der Waals surface area contributed by atoms with Crippen molar-refractivity contribution in [2.75, 3.05) is 0 Å². The fourth-order valence-corrected chi connectivity index (χ4v) is 9.65. The van der Waals surface area contributed by atoms with Crippen molar-refractivity contribution < 1.29 is 0 Å². The van der Waals surface area contributed by atoms with Crippen LogP contribution in [0.2, 0.25) is 0 Å². The molecule has 0 saturated carbocycles. The van der Waals surface area contributed by atoms with Gasteiger partial charge in [-0.15, -0.1) is 0 Å². The molecule has 0 amide bonds. The predicted octanol–water partition coefficient (Wildman–Crippen LogP) is 13.1. The summed E-state index contributed by atoms with van der Waals surface area (Å²) in [5.74, 6) is 1.91. The van der Waals surface area contributed by atoms with Gasteiger partial charge in [-0.2, -0.15) is 0 Å². The van der Waals surface area contributed by atoms with E-state index in [1.54, 1.807) is 0 Å². The van der Waals surface area contributed by atoms with Gasteiger partial charge in [-0.05, 0) is 68.3 Å². The van der Waals surface area contributed by atoms with Crippen LogP contribution >= 0.6 is 0 Å². The molecule has 10 aromatic rings. The molecular formula is C55H34N4. The Morgan fingerprint density at radius 2 is 0.729 bits per heavy atom. The normalized spacial score (nSPS) is 12.9. The summed E-state index contributed by atoms with van der Waals surface area (Å²) in [7, 11) is 0. The topological polar surface area (TPSA) is 51.6 Å². The highest BCUT2D eigenvalue weighted by molar-refractivity contribution is 6.06. The fraction of sp³-hybridized carbons (Fsp3) is 0.0182. The number of aromatic nitrogens is 4. The van der Waals surface area contributed by atoms with Gasteiger partial charge in [0.15, 0.2) is 17.5 Å². The Morgan fingerprint density at radius 1 is 0.305 bits per heavy atom. The van der Waals surface area contributed by atoms with Gasteiger partial charge in [0, 0.05) is 33.2 Å². The van der Waals surface area contributed by atoms with Gasteiger partial charge in [-0.25, -0.2) is 19.9 Å². The van der Waals surface area contributed by atoms with Crippen LogP contribution in [0.15, 0.2) is 206 Å². The zero-order valence-corrected chi connectivity index (χ0v) is 31.9. The molecule has 2 aliphatic carbocycles. The minimum absolute atomic E-state index is 0.482. The number of para-hydroxylation sites is 1. The van der Waals surface area contributed by atoms with Crippen LogP contribution in [0.5, 0.6) is 0 Å². The van der Waals surface area contributed by atoms with Crippen molar-refractivity contribution in [1.82, 2.24) is 19.9 Å². The SMILES string of the molecule is c1ccc(-c2nc(-c3ccccc3)nc(-c3cccc(-c4cccc(-c5nc6ccccc6c6c5-c5ccccc5C65c6ccccc6-c6ccccc65)c4)c3)n2)cc1. The number of nitrogens with zero attached hydrogens (tertiary/aromatic N) is 4. The smallest absolute Gasteiger partial charge is 0.164 e. The molecule has 274 valence electrons. The van der Waals surface area contributed by atoms with E-state index in [1.165, 1.54) is 49.9 Å². The van der Waals surface area contributed by atoms with Crippen LogP contribution in [0.1, 0.15) is 22.3 Å². The van der Waals surface area contributed by atoms with Crippen LogP contribution in [-0.2, 0) is 5.41 Å². The van der Waals surface area contributed by atoms with Gasteiger partial charge in [0.05, 0.1) is 16.6 Å². The largest absolute Gasteiger partial charge is 0.247 e. The number of benzene rings is 8. The lowest BCUT2D eigenvalue weighted by Gasteiger charge is -2.31. The molecule has 0 radical (unpaired) electrons. The summed E-state index contributed by atoms with van der Waals surface area (Å²) in [6.07, 6.45) is 0. The third kappa shape index (κ3) is 5.03. The van der Waals surface area contributed by atoms with E-state index in [0.29, 0.717) is 17.5 Å². The molecule has 8 aromatic carbocycles. The van der Waals surface area contributed by atoms with Crippen molar-refractivity contribution in [3.05, 3.63) is 229 Å². The Kier molecular flexibility index (Phi) is 7.41. The van der Waals surface area contributed by atoms with Crippen molar-refractivity contribution in [1.29, 1.82) is 0 Å². The number of pyridine rings is 1. The van der Waals surface area contributed by atoms with Crippen molar-refractivity contribution in [2.45, 2.75) is 5.41 Å². The molecule has 0 aliphatic heterocycles. The van der Waals surface area contributed by atoms with Gasteiger partial charge in [0.25, 0.3) is 0 Å². The Labute approximate surface area is 342 Å². The van der Waals surface area contributed by atoms with E-state index in [-0.39, 0.29) is 0 Å². The Balaban J connectivity index is 1.05. The molecule has 0 saturated heterocycles. The number of rotatable bonds is 5. The summed E-state index contributed by atoms with van der Waals surface area (Å²) in [4.78, 5) is 20.5. The molecule has 4 heteroatoms. The Hall–Kier alpha value is -7.82. The predicted molar refractivity (Wildman–Crippen MR) is 239 cm³/mol. The average molecular weight is 751 g/mol. The second-order valence-electron chi connectivity index (χ2n) is 15.3. The van der Waals surface area contributed by atoms with Crippen LogP contribution in [0, 0.1) is 0 Å². The monoisotopic (exact) mass is 750 g/mol. The maximum Gasteiger partial charge on any atom is 0.164 e. The van der Waals surface area contributed by atoms with E-state index in [2.05, 4.69) is 146 Å². The van der Waals surface area contributed by atoms with Crippen molar-refractivity contribution in [2.24, 2.45) is 0 Å². The number of hydrogen-bond acceptors (Lipinski definition) is 4. The van der Waals surface area contributed by atoms with Crippen LogP contribution in [0.25, 0.3) is 89.7 Å². The van der Waals surface area contributed by atoms with Crippen LogP contribution in [-0.4, -0.2) is 19.9 Å². The van der Waals surface area contributed by atoms with Gasteiger partial charge in [0.1, 0.15) is 0 Å². The second kappa shape index (κ2) is 13.1. The van der Waals surface area contributed by atoms with E-state index in [9.17, 15) is 0 Å². The molecule has 4 nitrogen and oxygen atoms in total. The van der Waals surface area contributed by atoms with Gasteiger partial charge in [0.2, 0.25) is 0 Å². The molecule has 1 spiro atoms. The maximum atomic E-state index is 5.53. The zero-order valence-electron chi connectivity index (χ0n) is 31.9. The highest BCUT2D eigenvalue weighted by Gasteiger charge is 2.53. The highest BCUT2D eigenvalue weighted by atomic mass is 15.0. The first-order chi connectivity index (χ1) is 29.3. The quantitative estimate of drug-likeness (QED) is 0.176. The molecular weight excluding hydrogens is 717 g/mol. The van der Waals surface area contributed by atoms with Gasteiger partial charge in [-0.3, -0.25) is 0 Å². The Morgan fingerprint density at radius 3 is 1.34 bits per heavy atom. The van der Waals surface area contributed by atoms with Crippen LogP contribution < -0.4 is 0 Å². The molecule has 12 rings (SSSR count). The molecule has 0 atom stereocenters. The number of hydrogen-bond donors (Lipinski definition) is 0. The lowest BCUT2D eigenvalue weighted by atomic mass is 9.69. The molecule has 2 aliphatic rings. The zero-order chi connectivity index (χ0) is 38.9. The van der Waals surface area contributed by atoms with Crippen molar-refractivity contribution in [3.8, 4) is 78.8 Å². The molecule has 2 heterocycles. The van der Waals surface area contributed by atoms with E-state index in [1.807, 2.05) is 60.7 Å². The van der Waals surface area contributed by atoms with Gasteiger partial charge in [-0.1, -0.05) is 188 Å². The molecule has 0 unspecified atom stereocenters. The summed E-state index contributed by atoms with van der Waals surface area (Å²) >= 11 is 0. The average Bonchev–Trinajstić information content (AvgIpc) is 3.80. The fourth-order valence-electron chi connectivity index (χ4n) is 9.65. The first-order valence-electron chi connectivity index (χ1n) is 20.1. The van der Waals surface area contributed by atoms with Crippen molar-refractivity contribution in [3.63, 3.8) is 0 Å². The Bertz CT molecular complexity index is 3180. The van der Waals surface area contributed by atoms with Gasteiger partial charge < -0.3 is 0 Å². The van der Waals surface area contributed by atoms with Gasteiger partial charge >= 0.3 is 0 Å². The second-order valence-corrected chi connectivity index (χ2v) is 15.3. The standard InChI is InChI=1S/C55H34N4/c1-3-17-35(18-4-1)52-57-53(36-19-5-2-6-20-36)59-54(58-52)40-24-16-22-38(34-40)37-21-15-23-39(33-37)51-49-43-27-9-13-31-47(43)55(50(49)44-28-10-14-32-48(44)56-51)45-29-11-7-25-41(45)42-26-8-12-30-46(42)55/h1-34H. The summed E-state index contributed by atoms with van der Waals surface area (Å²) in [5.41, 5.74) is 17.8. The summed E-state index contributed by atoms with van der Waals surface area (Å²) in [5, 5.41) is 1.18. The van der Waals surface area contributed by atoms with E-state index >= 15 is 0 Å². The lowest BCUT2D eigenvalue weighted by molar-refractivity contribution is 0.801. The molecule has 2 aromatic heterocycles. The third-order valence-corrected chi connectivity index (χ3v) is 12.1. The minimum Gasteiger partial charge on any atom is -0.247 e. The summed E-state index contributed by atoms with van der Waals surface area (Å²) in [6.45, 7) is 0. The first kappa shape index (κ1) is 33.3. The molecule has 0 N–H and O–H groups in total. The first-order valence-corrected chi connectivity index (χ1v) is 20.1. The van der Waals surface area contributed by atoms with Crippen LogP contribution in [0.4, 0.5) is 0 Å². The van der Waals surface area contributed by atoms with E-state index in [4.69, 9.17) is 19.9 Å². The maximum absolute atomic E-state index is 5.53. The summed E-state index contributed by atoms with van der Waals surface area (Å²) in [6, 6.07) is 73.2.